The summed E-state index contributed by atoms with van der Waals surface area (Å²) in [6.07, 6.45) is 6.46. The predicted molar refractivity (Wildman–Crippen MR) is 87.5 cm³/mol. The molecular formula is C16H27N3OS. The van der Waals surface area contributed by atoms with E-state index >= 15 is 0 Å². The second-order valence-electron chi connectivity index (χ2n) is 6.19. The predicted octanol–water partition coefficient (Wildman–Crippen LogP) is 3.81. The van der Waals surface area contributed by atoms with Gasteiger partial charge in [-0.25, -0.2) is 9.78 Å². The van der Waals surface area contributed by atoms with Crippen molar-refractivity contribution in [1.82, 2.24) is 15.2 Å². The van der Waals surface area contributed by atoms with Crippen molar-refractivity contribution in [2.75, 3.05) is 13.6 Å². The fraction of sp³-hybridized carbons (Fsp3) is 0.750. The Morgan fingerprint density at radius 3 is 2.62 bits per heavy atom. The molecule has 1 aromatic heterocycles. The monoisotopic (exact) mass is 309 g/mol. The molecule has 0 unspecified atom stereocenters. The molecule has 1 fully saturated rings. The first-order valence-electron chi connectivity index (χ1n) is 7.98. The lowest BCUT2D eigenvalue weighted by atomic mass is 9.81. The van der Waals surface area contributed by atoms with Gasteiger partial charge in [0.2, 0.25) is 0 Å². The van der Waals surface area contributed by atoms with Gasteiger partial charge in [-0.05, 0) is 31.6 Å². The molecule has 0 atom stereocenters. The molecule has 5 heteroatoms. The van der Waals surface area contributed by atoms with Gasteiger partial charge in [-0.3, -0.25) is 0 Å². The summed E-state index contributed by atoms with van der Waals surface area (Å²) in [5.41, 5.74) is 0.971. The maximum atomic E-state index is 12.1. The molecule has 1 aromatic rings. The minimum atomic E-state index is 0.0123. The number of nitrogens with one attached hydrogen (secondary N) is 1. The van der Waals surface area contributed by atoms with Crippen LogP contribution in [-0.2, 0) is 6.54 Å². The average molecular weight is 309 g/mol. The van der Waals surface area contributed by atoms with Gasteiger partial charge in [0.1, 0.15) is 0 Å². The topological polar surface area (TPSA) is 45.2 Å². The third-order valence-corrected chi connectivity index (χ3v) is 5.32. The summed E-state index contributed by atoms with van der Waals surface area (Å²) < 4.78 is 0. The summed E-state index contributed by atoms with van der Waals surface area (Å²) >= 11 is 1.63. The van der Waals surface area contributed by atoms with Crippen molar-refractivity contribution in [3.8, 4) is 0 Å². The molecule has 21 heavy (non-hydrogen) atoms. The Balaban J connectivity index is 1.69. The summed E-state index contributed by atoms with van der Waals surface area (Å²) in [7, 11) is 1.83. The second-order valence-corrected chi connectivity index (χ2v) is 7.26. The van der Waals surface area contributed by atoms with Crippen LogP contribution >= 0.6 is 11.3 Å². The van der Waals surface area contributed by atoms with Gasteiger partial charge in [0, 0.05) is 19.0 Å². The van der Waals surface area contributed by atoms with Crippen LogP contribution in [0.2, 0.25) is 0 Å². The van der Waals surface area contributed by atoms with Crippen molar-refractivity contribution in [3.05, 3.63) is 16.1 Å². The first kappa shape index (κ1) is 16.3. The largest absolute Gasteiger partial charge is 0.338 e. The molecule has 1 heterocycles. The van der Waals surface area contributed by atoms with Crippen LogP contribution in [0.1, 0.15) is 49.7 Å². The summed E-state index contributed by atoms with van der Waals surface area (Å²) in [6, 6.07) is 0.0123. The van der Waals surface area contributed by atoms with E-state index in [1.54, 1.807) is 16.2 Å². The maximum absolute atomic E-state index is 12.1. The molecule has 2 amide bonds. The Bertz CT molecular complexity index is 452. The van der Waals surface area contributed by atoms with E-state index in [4.69, 9.17) is 0 Å². The molecule has 0 bridgehead atoms. The van der Waals surface area contributed by atoms with Gasteiger partial charge < -0.3 is 10.2 Å². The summed E-state index contributed by atoms with van der Waals surface area (Å²) in [4.78, 5) is 18.2. The zero-order valence-corrected chi connectivity index (χ0v) is 14.2. The summed E-state index contributed by atoms with van der Waals surface area (Å²) in [6.45, 7) is 5.66. The minimum absolute atomic E-state index is 0.0123. The number of aryl methyl sites for hydroxylation is 1. The lowest BCUT2D eigenvalue weighted by molar-refractivity contribution is 0.199. The first-order valence-corrected chi connectivity index (χ1v) is 8.86. The number of aromatic nitrogens is 1. The zero-order chi connectivity index (χ0) is 15.2. The van der Waals surface area contributed by atoms with Crippen LogP contribution in [-0.4, -0.2) is 29.5 Å². The molecule has 1 aliphatic carbocycles. The van der Waals surface area contributed by atoms with Crippen LogP contribution < -0.4 is 5.32 Å². The molecule has 0 aromatic carbocycles. The van der Waals surface area contributed by atoms with E-state index in [1.807, 2.05) is 19.4 Å². The summed E-state index contributed by atoms with van der Waals surface area (Å²) in [5.74, 6) is 1.57. The Labute approximate surface area is 132 Å². The van der Waals surface area contributed by atoms with Crippen LogP contribution in [0, 0.1) is 18.8 Å². The van der Waals surface area contributed by atoms with E-state index in [0.717, 1.165) is 23.2 Å². The molecule has 0 radical (unpaired) electrons. The number of carbonyl (C=O) groups is 1. The molecule has 0 aliphatic heterocycles. The van der Waals surface area contributed by atoms with Crippen molar-refractivity contribution >= 4 is 17.4 Å². The normalized spacial score (nSPS) is 22.0. The van der Waals surface area contributed by atoms with E-state index < -0.39 is 0 Å². The highest BCUT2D eigenvalue weighted by Crippen LogP contribution is 2.30. The Morgan fingerprint density at radius 2 is 2.05 bits per heavy atom. The number of thiazole rings is 1. The first-order chi connectivity index (χ1) is 10.1. The van der Waals surface area contributed by atoms with Crippen molar-refractivity contribution in [2.45, 2.75) is 52.5 Å². The standard InChI is InChI=1S/C16H27N3OS/c1-4-13-5-7-14(8-6-13)9-17-16(20)19(3)10-15-11-21-12(2)18-15/h11,13-14H,4-10H2,1-3H3,(H,17,20). The van der Waals surface area contributed by atoms with Gasteiger partial charge in [-0.1, -0.05) is 26.2 Å². The average Bonchev–Trinajstić information content (AvgIpc) is 2.90. The van der Waals surface area contributed by atoms with E-state index in [-0.39, 0.29) is 6.03 Å². The lowest BCUT2D eigenvalue weighted by Gasteiger charge is -2.28. The van der Waals surface area contributed by atoms with E-state index in [0.29, 0.717) is 12.5 Å². The number of hydrogen-bond acceptors (Lipinski definition) is 3. The van der Waals surface area contributed by atoms with E-state index in [9.17, 15) is 4.79 Å². The van der Waals surface area contributed by atoms with Gasteiger partial charge in [0.15, 0.2) is 0 Å². The minimum Gasteiger partial charge on any atom is -0.338 e. The number of hydrogen-bond donors (Lipinski definition) is 1. The van der Waals surface area contributed by atoms with Gasteiger partial charge >= 0.3 is 6.03 Å². The molecule has 0 saturated heterocycles. The van der Waals surface area contributed by atoms with Crippen molar-refractivity contribution in [2.24, 2.45) is 11.8 Å². The van der Waals surface area contributed by atoms with Crippen LogP contribution in [0.4, 0.5) is 4.79 Å². The van der Waals surface area contributed by atoms with E-state index in [1.165, 1.54) is 32.1 Å². The number of urea groups is 1. The highest BCUT2D eigenvalue weighted by atomic mass is 32.1. The number of amides is 2. The quantitative estimate of drug-likeness (QED) is 0.899. The smallest absolute Gasteiger partial charge is 0.317 e. The van der Waals surface area contributed by atoms with Gasteiger partial charge in [0.25, 0.3) is 0 Å². The molecule has 1 saturated carbocycles. The Kier molecular flexibility index (Phi) is 6.03. The van der Waals surface area contributed by atoms with Crippen LogP contribution in [0.25, 0.3) is 0 Å². The maximum Gasteiger partial charge on any atom is 0.317 e. The van der Waals surface area contributed by atoms with Crippen molar-refractivity contribution in [3.63, 3.8) is 0 Å². The van der Waals surface area contributed by atoms with Gasteiger partial charge in [-0.15, -0.1) is 11.3 Å². The third kappa shape index (κ3) is 4.99. The number of rotatable bonds is 5. The highest BCUT2D eigenvalue weighted by molar-refractivity contribution is 7.09. The highest BCUT2D eigenvalue weighted by Gasteiger charge is 2.21. The molecule has 0 spiro atoms. The molecule has 118 valence electrons. The third-order valence-electron chi connectivity index (χ3n) is 4.50. The van der Waals surface area contributed by atoms with Crippen LogP contribution in [0.5, 0.6) is 0 Å². The molecule has 1 aliphatic rings. The van der Waals surface area contributed by atoms with Crippen molar-refractivity contribution < 1.29 is 4.79 Å². The fourth-order valence-electron chi connectivity index (χ4n) is 3.01. The fourth-order valence-corrected chi connectivity index (χ4v) is 3.61. The van der Waals surface area contributed by atoms with E-state index in [2.05, 4.69) is 17.2 Å². The molecule has 4 nitrogen and oxygen atoms in total. The van der Waals surface area contributed by atoms with Crippen molar-refractivity contribution in [1.29, 1.82) is 0 Å². The van der Waals surface area contributed by atoms with Gasteiger partial charge in [-0.2, -0.15) is 0 Å². The number of nitrogens with zero attached hydrogens (tertiary/aromatic N) is 2. The van der Waals surface area contributed by atoms with Crippen LogP contribution in [0.15, 0.2) is 5.38 Å². The lowest BCUT2D eigenvalue weighted by Crippen LogP contribution is -2.39. The second kappa shape index (κ2) is 7.78. The van der Waals surface area contributed by atoms with Gasteiger partial charge in [0.05, 0.1) is 17.2 Å². The molecule has 1 N–H and O–H groups in total. The zero-order valence-electron chi connectivity index (χ0n) is 13.4. The number of carbonyl (C=O) groups excluding carboxylic acids is 1. The Hall–Kier alpha value is -1.10. The van der Waals surface area contributed by atoms with Crippen LogP contribution in [0.3, 0.4) is 0 Å². The summed E-state index contributed by atoms with van der Waals surface area (Å²) in [5, 5.41) is 6.14. The SMILES string of the molecule is CCC1CCC(CNC(=O)N(C)Cc2csc(C)n2)CC1. The molecular weight excluding hydrogens is 282 g/mol. The molecule has 2 rings (SSSR count). The Morgan fingerprint density at radius 1 is 1.38 bits per heavy atom.